The zero-order valence-corrected chi connectivity index (χ0v) is 16.6. The number of ether oxygens (including phenoxy) is 1. The number of nitrogens with zero attached hydrogens (tertiary/aromatic N) is 1. The molecule has 0 radical (unpaired) electrons. The Labute approximate surface area is 157 Å². The van der Waals surface area contributed by atoms with Gasteiger partial charge in [-0.05, 0) is 37.5 Å². The van der Waals surface area contributed by atoms with Gasteiger partial charge in [-0.25, -0.2) is 13.1 Å². The van der Waals surface area contributed by atoms with Crippen molar-refractivity contribution in [1.29, 1.82) is 0 Å². The lowest BCUT2D eigenvalue weighted by Crippen LogP contribution is -2.32. The molecule has 0 saturated carbocycles. The minimum atomic E-state index is -3.64. The average Bonchev–Trinajstić information content (AvgIpc) is 2.93. The second-order valence-electron chi connectivity index (χ2n) is 6.67. The molecule has 1 heterocycles. The standard InChI is InChI=1S/C19H30N2O4S/c1-3-4-7-12-20-26(23,24)16-10-11-18(25-2)17(15-16)19(22)21-13-8-5-6-9-14-21/h10-11,15,20H,3-9,12-14H2,1-2H3. The van der Waals surface area contributed by atoms with E-state index in [2.05, 4.69) is 11.6 Å². The van der Waals surface area contributed by atoms with E-state index in [0.29, 0.717) is 30.9 Å². The first-order chi connectivity index (χ1) is 12.5. The maximum absolute atomic E-state index is 12.9. The highest BCUT2D eigenvalue weighted by molar-refractivity contribution is 7.89. The molecule has 0 unspecified atom stereocenters. The summed E-state index contributed by atoms with van der Waals surface area (Å²) in [5, 5.41) is 0. The Hall–Kier alpha value is -1.60. The molecule has 0 aromatic heterocycles. The van der Waals surface area contributed by atoms with Gasteiger partial charge in [-0.15, -0.1) is 0 Å². The Kier molecular flexibility index (Phi) is 7.90. The number of rotatable bonds is 8. The van der Waals surface area contributed by atoms with E-state index < -0.39 is 10.0 Å². The minimum Gasteiger partial charge on any atom is -0.496 e. The molecule has 1 fully saturated rings. The molecule has 0 aliphatic carbocycles. The fraction of sp³-hybridized carbons (Fsp3) is 0.632. The summed E-state index contributed by atoms with van der Waals surface area (Å²) in [6.07, 6.45) is 7.00. The topological polar surface area (TPSA) is 75.7 Å². The van der Waals surface area contributed by atoms with Crippen LogP contribution in [0, 0.1) is 0 Å². The van der Waals surface area contributed by atoms with Gasteiger partial charge >= 0.3 is 0 Å². The third-order valence-electron chi connectivity index (χ3n) is 4.68. The molecule has 1 N–H and O–H groups in total. The van der Waals surface area contributed by atoms with Crippen LogP contribution < -0.4 is 9.46 Å². The molecule has 1 saturated heterocycles. The second kappa shape index (κ2) is 9.92. The lowest BCUT2D eigenvalue weighted by molar-refractivity contribution is 0.0758. The fourth-order valence-electron chi connectivity index (χ4n) is 3.13. The minimum absolute atomic E-state index is 0.105. The van der Waals surface area contributed by atoms with Crippen LogP contribution in [-0.4, -0.2) is 46.0 Å². The maximum Gasteiger partial charge on any atom is 0.257 e. The molecule has 0 atom stereocenters. The summed E-state index contributed by atoms with van der Waals surface area (Å²) >= 11 is 0. The van der Waals surface area contributed by atoms with Gasteiger partial charge in [0.25, 0.3) is 5.91 Å². The van der Waals surface area contributed by atoms with Crippen molar-refractivity contribution < 1.29 is 17.9 Å². The number of methoxy groups -OCH3 is 1. The number of likely N-dealkylation sites (tertiary alicyclic amines) is 1. The van der Waals surface area contributed by atoms with Crippen molar-refractivity contribution in [2.24, 2.45) is 0 Å². The predicted octanol–water partition coefficient (Wildman–Crippen LogP) is 3.18. The first-order valence-corrected chi connectivity index (χ1v) is 10.9. The van der Waals surface area contributed by atoms with Gasteiger partial charge in [0.2, 0.25) is 10.0 Å². The molecule has 2 rings (SSSR count). The summed E-state index contributed by atoms with van der Waals surface area (Å²) < 4.78 is 33.0. The molecule has 146 valence electrons. The van der Waals surface area contributed by atoms with Crippen LogP contribution in [0.15, 0.2) is 23.1 Å². The van der Waals surface area contributed by atoms with E-state index in [9.17, 15) is 13.2 Å². The molecule has 1 aromatic carbocycles. The highest BCUT2D eigenvalue weighted by atomic mass is 32.2. The monoisotopic (exact) mass is 382 g/mol. The lowest BCUT2D eigenvalue weighted by atomic mass is 10.1. The van der Waals surface area contributed by atoms with Crippen LogP contribution in [0.3, 0.4) is 0 Å². The maximum atomic E-state index is 12.9. The molecule has 1 aliphatic rings. The number of amides is 1. The smallest absolute Gasteiger partial charge is 0.257 e. The number of sulfonamides is 1. The van der Waals surface area contributed by atoms with Crippen molar-refractivity contribution >= 4 is 15.9 Å². The van der Waals surface area contributed by atoms with Crippen LogP contribution in [0.2, 0.25) is 0 Å². The number of hydrogen-bond donors (Lipinski definition) is 1. The van der Waals surface area contributed by atoms with Gasteiger partial charge in [-0.3, -0.25) is 4.79 Å². The highest BCUT2D eigenvalue weighted by Gasteiger charge is 2.23. The normalized spacial score (nSPS) is 15.5. The van der Waals surface area contributed by atoms with Crippen molar-refractivity contribution in [2.45, 2.75) is 56.8 Å². The van der Waals surface area contributed by atoms with E-state index in [1.54, 1.807) is 11.0 Å². The predicted molar refractivity (Wildman–Crippen MR) is 102 cm³/mol. The van der Waals surface area contributed by atoms with Crippen LogP contribution in [-0.2, 0) is 10.0 Å². The summed E-state index contributed by atoms with van der Waals surface area (Å²) in [6, 6.07) is 4.49. The lowest BCUT2D eigenvalue weighted by Gasteiger charge is -2.22. The number of hydrogen-bond acceptors (Lipinski definition) is 4. The molecular formula is C19H30N2O4S. The van der Waals surface area contributed by atoms with E-state index in [0.717, 1.165) is 44.9 Å². The van der Waals surface area contributed by atoms with E-state index in [1.807, 2.05) is 0 Å². The molecule has 7 heteroatoms. The molecule has 0 spiro atoms. The van der Waals surface area contributed by atoms with Gasteiger partial charge in [0, 0.05) is 19.6 Å². The Morgan fingerprint density at radius 2 is 1.85 bits per heavy atom. The van der Waals surface area contributed by atoms with Crippen molar-refractivity contribution in [2.75, 3.05) is 26.7 Å². The average molecular weight is 383 g/mol. The second-order valence-corrected chi connectivity index (χ2v) is 8.44. The fourth-order valence-corrected chi connectivity index (χ4v) is 4.23. The summed E-state index contributed by atoms with van der Waals surface area (Å²) in [5.41, 5.74) is 0.311. The molecular weight excluding hydrogens is 352 g/mol. The number of unbranched alkanes of at least 4 members (excludes halogenated alkanes) is 2. The van der Waals surface area contributed by atoms with Crippen LogP contribution in [0.25, 0.3) is 0 Å². The van der Waals surface area contributed by atoms with Gasteiger partial charge in [0.15, 0.2) is 0 Å². The van der Waals surface area contributed by atoms with E-state index >= 15 is 0 Å². The number of benzene rings is 1. The van der Waals surface area contributed by atoms with Crippen molar-refractivity contribution in [3.63, 3.8) is 0 Å². The van der Waals surface area contributed by atoms with Gasteiger partial charge in [-0.1, -0.05) is 32.6 Å². The number of nitrogens with one attached hydrogen (secondary N) is 1. The molecule has 0 bridgehead atoms. The van der Waals surface area contributed by atoms with Gasteiger partial charge < -0.3 is 9.64 Å². The van der Waals surface area contributed by atoms with Gasteiger partial charge in [0.05, 0.1) is 17.6 Å². The molecule has 1 aliphatic heterocycles. The van der Waals surface area contributed by atoms with Crippen molar-refractivity contribution in [3.05, 3.63) is 23.8 Å². The molecule has 6 nitrogen and oxygen atoms in total. The largest absolute Gasteiger partial charge is 0.496 e. The molecule has 26 heavy (non-hydrogen) atoms. The van der Waals surface area contributed by atoms with E-state index in [-0.39, 0.29) is 10.8 Å². The number of carbonyl (C=O) groups excluding carboxylic acids is 1. The van der Waals surface area contributed by atoms with Crippen LogP contribution in [0.4, 0.5) is 0 Å². The highest BCUT2D eigenvalue weighted by Crippen LogP contribution is 2.25. The summed E-state index contributed by atoms with van der Waals surface area (Å²) in [4.78, 5) is 14.8. The van der Waals surface area contributed by atoms with E-state index in [4.69, 9.17) is 4.74 Å². The van der Waals surface area contributed by atoms with Crippen molar-refractivity contribution in [3.8, 4) is 5.75 Å². The molecule has 1 aromatic rings. The van der Waals surface area contributed by atoms with Crippen LogP contribution >= 0.6 is 0 Å². The SMILES string of the molecule is CCCCCNS(=O)(=O)c1ccc(OC)c(C(=O)N2CCCCCC2)c1. The summed E-state index contributed by atoms with van der Waals surface area (Å²) in [6.45, 7) is 3.87. The summed E-state index contributed by atoms with van der Waals surface area (Å²) in [5.74, 6) is 0.246. The zero-order valence-electron chi connectivity index (χ0n) is 15.8. The Morgan fingerprint density at radius 1 is 1.15 bits per heavy atom. The van der Waals surface area contributed by atoms with Gasteiger partial charge in [0.1, 0.15) is 5.75 Å². The van der Waals surface area contributed by atoms with Gasteiger partial charge in [-0.2, -0.15) is 0 Å². The first kappa shape index (κ1) is 20.7. The number of carbonyl (C=O) groups is 1. The van der Waals surface area contributed by atoms with E-state index in [1.165, 1.54) is 19.2 Å². The van der Waals surface area contributed by atoms with Crippen LogP contribution in [0.5, 0.6) is 5.75 Å². The zero-order chi connectivity index (χ0) is 19.0. The molecule has 1 amide bonds. The quantitative estimate of drug-likeness (QED) is 0.701. The Bertz CT molecular complexity index is 695. The van der Waals surface area contributed by atoms with Crippen molar-refractivity contribution in [1.82, 2.24) is 9.62 Å². The third-order valence-corrected chi connectivity index (χ3v) is 6.14. The summed E-state index contributed by atoms with van der Waals surface area (Å²) in [7, 11) is -2.14. The Morgan fingerprint density at radius 3 is 2.46 bits per heavy atom. The Balaban J connectivity index is 2.22. The first-order valence-electron chi connectivity index (χ1n) is 9.46. The van der Waals surface area contributed by atoms with Crippen LogP contribution in [0.1, 0.15) is 62.2 Å². The third kappa shape index (κ3) is 5.45.